The van der Waals surface area contributed by atoms with Crippen LogP contribution in [0.2, 0.25) is 0 Å². The zero-order valence-electron chi connectivity index (χ0n) is 12.1. The molecule has 0 saturated carbocycles. The van der Waals surface area contributed by atoms with Gasteiger partial charge in [0.1, 0.15) is 0 Å². The van der Waals surface area contributed by atoms with E-state index in [9.17, 15) is 8.42 Å². The number of nitrogens with one attached hydrogen (secondary N) is 1. The predicted molar refractivity (Wildman–Crippen MR) is 86.0 cm³/mol. The highest BCUT2D eigenvalue weighted by Crippen LogP contribution is 1.96. The van der Waals surface area contributed by atoms with Crippen LogP contribution in [0.3, 0.4) is 0 Å². The van der Waals surface area contributed by atoms with Crippen LogP contribution in [0.4, 0.5) is 0 Å². The Bertz CT molecular complexity index is 686. The van der Waals surface area contributed by atoms with E-state index < -0.39 is 15.3 Å². The van der Waals surface area contributed by atoms with Gasteiger partial charge in [0.15, 0.2) is 0 Å². The topological polar surface area (TPSA) is 83.1 Å². The molecular formula is C16H18N2O3S. The van der Waals surface area contributed by atoms with Crippen LogP contribution in [0.1, 0.15) is 5.56 Å². The summed E-state index contributed by atoms with van der Waals surface area (Å²) in [6.07, 6.45) is 2.55. The van der Waals surface area contributed by atoms with E-state index in [0.717, 1.165) is 0 Å². The molecular weight excluding hydrogens is 300 g/mol. The van der Waals surface area contributed by atoms with Crippen molar-refractivity contribution in [2.24, 2.45) is 0 Å². The lowest BCUT2D eigenvalue weighted by molar-refractivity contribution is 0.475. The average molecular weight is 318 g/mol. The number of H-pyrrole nitrogens is 1. The maximum atomic E-state index is 10.2. The number of aryl methyl sites for hydroxylation is 1. The lowest BCUT2D eigenvalue weighted by Gasteiger charge is -1.84. The van der Waals surface area contributed by atoms with Crippen molar-refractivity contribution in [1.82, 2.24) is 9.97 Å². The van der Waals surface area contributed by atoms with Gasteiger partial charge in [-0.1, -0.05) is 72.3 Å². The van der Waals surface area contributed by atoms with Crippen molar-refractivity contribution in [3.8, 4) is 0 Å². The normalized spacial score (nSPS) is 9.73. The lowest BCUT2D eigenvalue weighted by atomic mass is 10.2. The molecule has 3 aromatic rings. The SMILES string of the molecule is Cc1ccccc1.O=S(=O)(O)c1ncc[nH]1.c1ccccc1. The smallest absolute Gasteiger partial charge is 0.328 e. The van der Waals surface area contributed by atoms with Crippen molar-refractivity contribution in [2.45, 2.75) is 12.1 Å². The van der Waals surface area contributed by atoms with Gasteiger partial charge in [0, 0.05) is 12.4 Å². The first-order valence-corrected chi connectivity index (χ1v) is 7.92. The van der Waals surface area contributed by atoms with Gasteiger partial charge >= 0.3 is 10.1 Å². The van der Waals surface area contributed by atoms with Crippen LogP contribution >= 0.6 is 0 Å². The molecule has 116 valence electrons. The minimum atomic E-state index is -4.13. The molecule has 0 amide bonds. The number of aromatic nitrogens is 2. The molecule has 1 heterocycles. The Morgan fingerprint density at radius 3 is 1.59 bits per heavy atom. The molecule has 2 N–H and O–H groups in total. The Morgan fingerprint density at radius 1 is 0.909 bits per heavy atom. The first kappa shape index (κ1) is 17.6. The van der Waals surface area contributed by atoms with Gasteiger partial charge in [0.05, 0.1) is 0 Å². The molecule has 0 bridgehead atoms. The second-order valence-electron chi connectivity index (χ2n) is 4.18. The zero-order chi connectivity index (χ0) is 16.3. The Hall–Kier alpha value is -2.44. The number of hydrogen-bond acceptors (Lipinski definition) is 3. The number of nitrogens with zero attached hydrogens (tertiary/aromatic N) is 1. The molecule has 0 aliphatic heterocycles. The Balaban J connectivity index is 0.000000169. The Labute approximate surface area is 130 Å². The highest BCUT2D eigenvalue weighted by molar-refractivity contribution is 7.85. The summed E-state index contributed by atoms with van der Waals surface area (Å²) in [5, 5.41) is -0.428. The zero-order valence-corrected chi connectivity index (χ0v) is 12.9. The monoisotopic (exact) mass is 318 g/mol. The maximum absolute atomic E-state index is 10.2. The minimum Gasteiger partial charge on any atom is -0.334 e. The highest BCUT2D eigenvalue weighted by Gasteiger charge is 2.09. The molecule has 0 atom stereocenters. The minimum absolute atomic E-state index is 0.428. The second-order valence-corrected chi connectivity index (χ2v) is 5.52. The van der Waals surface area contributed by atoms with E-state index in [0.29, 0.717) is 0 Å². The fourth-order valence-corrected chi connectivity index (χ4v) is 1.72. The number of hydrogen-bond donors (Lipinski definition) is 2. The number of rotatable bonds is 1. The lowest BCUT2D eigenvalue weighted by Crippen LogP contribution is -1.99. The predicted octanol–water partition coefficient (Wildman–Crippen LogP) is 3.34. The van der Waals surface area contributed by atoms with Gasteiger partial charge in [-0.2, -0.15) is 8.42 Å². The van der Waals surface area contributed by atoms with Crippen LogP contribution in [0.5, 0.6) is 0 Å². The van der Waals surface area contributed by atoms with E-state index in [1.54, 1.807) is 0 Å². The van der Waals surface area contributed by atoms with Gasteiger partial charge in [0.25, 0.3) is 5.16 Å². The van der Waals surface area contributed by atoms with E-state index in [2.05, 4.69) is 29.0 Å². The van der Waals surface area contributed by atoms with E-state index in [4.69, 9.17) is 4.55 Å². The molecule has 6 heteroatoms. The molecule has 0 aliphatic carbocycles. The summed E-state index contributed by atoms with van der Waals surface area (Å²) < 4.78 is 28.6. The van der Waals surface area contributed by atoms with Gasteiger partial charge in [0.2, 0.25) is 0 Å². The van der Waals surface area contributed by atoms with Gasteiger partial charge in [-0.05, 0) is 6.92 Å². The molecule has 0 unspecified atom stereocenters. The van der Waals surface area contributed by atoms with Crippen molar-refractivity contribution in [3.05, 3.63) is 84.7 Å². The summed E-state index contributed by atoms with van der Waals surface area (Å²) in [6.45, 7) is 2.08. The van der Waals surface area contributed by atoms with E-state index in [-0.39, 0.29) is 0 Å². The summed E-state index contributed by atoms with van der Waals surface area (Å²) in [6, 6.07) is 22.3. The summed E-state index contributed by atoms with van der Waals surface area (Å²) in [5.74, 6) is 0. The first-order chi connectivity index (χ1) is 10.5. The van der Waals surface area contributed by atoms with Gasteiger partial charge < -0.3 is 4.98 Å². The van der Waals surface area contributed by atoms with Crippen LogP contribution in [-0.2, 0) is 10.1 Å². The molecule has 0 fully saturated rings. The quantitative estimate of drug-likeness (QED) is 0.674. The molecule has 5 nitrogen and oxygen atoms in total. The summed E-state index contributed by atoms with van der Waals surface area (Å²) in [4.78, 5) is 5.52. The van der Waals surface area contributed by atoms with Crippen LogP contribution in [0, 0.1) is 6.92 Å². The van der Waals surface area contributed by atoms with E-state index >= 15 is 0 Å². The van der Waals surface area contributed by atoms with E-state index in [1.807, 2.05) is 54.6 Å². The van der Waals surface area contributed by atoms with Gasteiger partial charge in [-0.25, -0.2) is 4.98 Å². The molecule has 0 radical (unpaired) electrons. The third-order valence-corrected chi connectivity index (χ3v) is 3.04. The number of aromatic amines is 1. The van der Waals surface area contributed by atoms with Crippen molar-refractivity contribution in [2.75, 3.05) is 0 Å². The molecule has 3 rings (SSSR count). The average Bonchev–Trinajstić information content (AvgIpc) is 3.06. The van der Waals surface area contributed by atoms with Crippen LogP contribution in [0.25, 0.3) is 0 Å². The molecule has 0 saturated heterocycles. The van der Waals surface area contributed by atoms with E-state index in [1.165, 1.54) is 18.0 Å². The van der Waals surface area contributed by atoms with Crippen molar-refractivity contribution >= 4 is 10.1 Å². The molecule has 2 aromatic carbocycles. The fraction of sp³-hybridized carbons (Fsp3) is 0.0625. The summed E-state index contributed by atoms with van der Waals surface area (Å²) in [5.41, 5.74) is 1.32. The third-order valence-electron chi connectivity index (χ3n) is 2.32. The van der Waals surface area contributed by atoms with Crippen LogP contribution in [-0.4, -0.2) is 22.9 Å². The second kappa shape index (κ2) is 9.49. The van der Waals surface area contributed by atoms with Gasteiger partial charge in [-0.15, -0.1) is 0 Å². The Kier molecular flexibility index (Phi) is 7.60. The standard InChI is InChI=1S/C7H8.C6H6.C3H4N2O3S/c1-7-5-3-2-4-6-7;1-2-4-6-5-3-1;6-9(7,8)3-4-1-2-5-3/h2-6H,1H3;1-6H;1-2H,(H,4,5)(H,6,7,8). The fourth-order valence-electron chi connectivity index (χ4n) is 1.31. The molecule has 1 aromatic heterocycles. The van der Waals surface area contributed by atoms with Crippen LogP contribution < -0.4 is 0 Å². The van der Waals surface area contributed by atoms with Crippen molar-refractivity contribution in [3.63, 3.8) is 0 Å². The third kappa shape index (κ3) is 7.98. The highest BCUT2D eigenvalue weighted by atomic mass is 32.2. The van der Waals surface area contributed by atoms with Gasteiger partial charge in [-0.3, -0.25) is 4.55 Å². The molecule has 0 aliphatic rings. The number of imidazole rings is 1. The first-order valence-electron chi connectivity index (χ1n) is 6.48. The van der Waals surface area contributed by atoms with Crippen molar-refractivity contribution in [1.29, 1.82) is 0 Å². The number of benzene rings is 2. The van der Waals surface area contributed by atoms with Crippen LogP contribution in [0.15, 0.2) is 84.3 Å². The van der Waals surface area contributed by atoms with Crippen molar-refractivity contribution < 1.29 is 13.0 Å². The summed E-state index contributed by atoms with van der Waals surface area (Å²) >= 11 is 0. The molecule has 22 heavy (non-hydrogen) atoms. The largest absolute Gasteiger partial charge is 0.334 e. The molecule has 0 spiro atoms. The maximum Gasteiger partial charge on any atom is 0.328 e. The summed E-state index contributed by atoms with van der Waals surface area (Å²) in [7, 11) is -4.13. The Morgan fingerprint density at radius 2 is 1.36 bits per heavy atom.